The van der Waals surface area contributed by atoms with Crippen LogP contribution in [-0.2, 0) is 0 Å². The van der Waals surface area contributed by atoms with E-state index >= 15 is 0 Å². The lowest BCUT2D eigenvalue weighted by Gasteiger charge is -2.14. The summed E-state index contributed by atoms with van der Waals surface area (Å²) in [4.78, 5) is 36.4. The lowest BCUT2D eigenvalue weighted by Crippen LogP contribution is -2.13. The molecule has 0 fully saturated rings. The number of hydrogen-bond acceptors (Lipinski definition) is 6. The Balaban J connectivity index is 0.883. The zero-order chi connectivity index (χ0) is 36.4. The van der Waals surface area contributed by atoms with Gasteiger partial charge in [-0.15, -0.1) is 0 Å². The zero-order valence-corrected chi connectivity index (χ0v) is 28.9. The van der Waals surface area contributed by atoms with Gasteiger partial charge in [-0.1, -0.05) is 84.9 Å². The van der Waals surface area contributed by atoms with E-state index in [-0.39, 0.29) is 11.8 Å². The average molecular weight is 701 g/mol. The lowest BCUT2D eigenvalue weighted by molar-refractivity contribution is 0.101. The number of fused-ring (bicyclic) bond motifs is 4. The van der Waals surface area contributed by atoms with Crippen molar-refractivity contribution >= 4 is 89.6 Å². The van der Waals surface area contributed by atoms with Gasteiger partial charge in [0.1, 0.15) is 0 Å². The normalized spacial score (nSPS) is 11.1. The molecule has 8 nitrogen and oxygen atoms in total. The van der Waals surface area contributed by atoms with Crippen molar-refractivity contribution in [2.45, 2.75) is 0 Å². The van der Waals surface area contributed by atoms with Gasteiger partial charge in [0, 0.05) is 55.4 Å². The zero-order valence-electron chi connectivity index (χ0n) is 28.9. The first kappa shape index (κ1) is 32.3. The summed E-state index contributed by atoms with van der Waals surface area (Å²) in [5.74, 6) is -0.502. The maximum Gasteiger partial charge on any atom is 0.255 e. The van der Waals surface area contributed by atoms with Crippen LogP contribution in [0.25, 0.3) is 43.6 Å². The van der Waals surface area contributed by atoms with Crippen molar-refractivity contribution in [2.24, 2.45) is 0 Å². The number of benzene rings is 7. The van der Waals surface area contributed by atoms with Gasteiger partial charge in [0.2, 0.25) is 0 Å². The van der Waals surface area contributed by atoms with E-state index in [4.69, 9.17) is 9.97 Å². The summed E-state index contributed by atoms with van der Waals surface area (Å²) in [6.45, 7) is 0. The molecular weight excluding hydrogens is 669 g/mol. The van der Waals surface area contributed by atoms with E-state index in [1.54, 1.807) is 36.4 Å². The Labute approximate surface area is 310 Å². The molecule has 7 aromatic carbocycles. The van der Waals surface area contributed by atoms with Crippen LogP contribution in [0.15, 0.2) is 170 Å². The molecule has 0 aliphatic heterocycles. The summed E-state index contributed by atoms with van der Waals surface area (Å²) in [5, 5.41) is 17.0. The standard InChI is InChI=1S/C46H32N6O2/c53-45(29-11-9-13-33(27-29)47-43-35-15-1-5-19-39(35)51-40-20-6-2-16-36(40)43)49-31-23-25-32(26-24-31)50-46(54)30-12-10-14-34(28-30)48-44-37-17-3-7-21-41(37)52-42-22-8-4-18-38(42)44/h1-28H,(H,47,51)(H,48,52)(H,49,53)(H,50,54). The van der Waals surface area contributed by atoms with E-state index in [0.717, 1.165) is 66.4 Å². The predicted octanol–water partition coefficient (Wildman–Crippen LogP) is 11.1. The van der Waals surface area contributed by atoms with Crippen LogP contribution in [0.1, 0.15) is 20.7 Å². The second kappa shape index (κ2) is 13.9. The molecule has 0 atom stereocenters. The maximum absolute atomic E-state index is 13.4. The Hall–Kier alpha value is -7.58. The van der Waals surface area contributed by atoms with Gasteiger partial charge in [-0.05, 0) is 84.9 Å². The molecule has 9 aromatic rings. The molecule has 4 N–H and O–H groups in total. The van der Waals surface area contributed by atoms with Crippen molar-refractivity contribution in [3.05, 3.63) is 181 Å². The number of nitrogens with one attached hydrogen (secondary N) is 4. The van der Waals surface area contributed by atoms with E-state index in [9.17, 15) is 9.59 Å². The van der Waals surface area contributed by atoms with Crippen molar-refractivity contribution in [3.8, 4) is 0 Å². The highest BCUT2D eigenvalue weighted by Crippen LogP contribution is 2.35. The topological polar surface area (TPSA) is 108 Å². The van der Waals surface area contributed by atoms with Crippen LogP contribution in [0, 0.1) is 0 Å². The number of anilines is 6. The minimum atomic E-state index is -0.251. The van der Waals surface area contributed by atoms with Gasteiger partial charge in [-0.25, -0.2) is 9.97 Å². The van der Waals surface area contributed by atoms with Gasteiger partial charge in [-0.3, -0.25) is 9.59 Å². The summed E-state index contributed by atoms with van der Waals surface area (Å²) in [6.07, 6.45) is 0. The molecule has 0 spiro atoms. The molecule has 9 rings (SSSR count). The highest BCUT2D eigenvalue weighted by Gasteiger charge is 2.14. The van der Waals surface area contributed by atoms with Crippen LogP contribution in [-0.4, -0.2) is 21.8 Å². The molecule has 0 aliphatic carbocycles. The number of amides is 2. The second-order valence-electron chi connectivity index (χ2n) is 12.9. The fraction of sp³-hybridized carbons (Fsp3) is 0. The average Bonchev–Trinajstić information content (AvgIpc) is 3.21. The molecular formula is C46H32N6O2. The van der Waals surface area contributed by atoms with Gasteiger partial charge in [0.25, 0.3) is 11.8 Å². The Morgan fingerprint density at radius 3 is 1.04 bits per heavy atom. The van der Waals surface area contributed by atoms with Gasteiger partial charge >= 0.3 is 0 Å². The third-order valence-electron chi connectivity index (χ3n) is 9.36. The Morgan fingerprint density at radius 1 is 0.352 bits per heavy atom. The molecule has 0 unspecified atom stereocenters. The molecule has 0 saturated heterocycles. The molecule has 2 amide bonds. The molecule has 0 aliphatic rings. The molecule has 258 valence electrons. The number of aromatic nitrogens is 2. The Morgan fingerprint density at radius 2 is 0.685 bits per heavy atom. The number of carbonyl (C=O) groups is 2. The molecule has 2 aromatic heterocycles. The van der Waals surface area contributed by atoms with Gasteiger partial charge in [0.15, 0.2) is 0 Å². The second-order valence-corrected chi connectivity index (χ2v) is 12.9. The number of rotatable bonds is 8. The number of para-hydroxylation sites is 4. The highest BCUT2D eigenvalue weighted by molar-refractivity contribution is 6.11. The number of nitrogens with zero attached hydrogens (tertiary/aromatic N) is 2. The summed E-state index contributed by atoms with van der Waals surface area (Å²) in [6, 6.07) is 53.9. The van der Waals surface area contributed by atoms with Gasteiger partial charge < -0.3 is 21.3 Å². The maximum atomic E-state index is 13.4. The van der Waals surface area contributed by atoms with Crippen LogP contribution in [0.4, 0.5) is 34.1 Å². The largest absolute Gasteiger partial charge is 0.354 e. The Bertz CT molecular complexity index is 2580. The van der Waals surface area contributed by atoms with E-state index < -0.39 is 0 Å². The first-order valence-corrected chi connectivity index (χ1v) is 17.6. The monoisotopic (exact) mass is 700 g/mol. The molecule has 0 bridgehead atoms. The minimum Gasteiger partial charge on any atom is -0.354 e. The van der Waals surface area contributed by atoms with Crippen molar-refractivity contribution in [1.29, 1.82) is 0 Å². The molecule has 0 radical (unpaired) electrons. The third kappa shape index (κ3) is 6.40. The fourth-order valence-electron chi connectivity index (χ4n) is 6.76. The van der Waals surface area contributed by atoms with E-state index in [1.165, 1.54) is 0 Å². The smallest absolute Gasteiger partial charge is 0.255 e. The lowest BCUT2D eigenvalue weighted by atomic mass is 10.1. The first-order chi connectivity index (χ1) is 26.6. The number of carbonyl (C=O) groups excluding carboxylic acids is 2. The van der Waals surface area contributed by atoms with Crippen LogP contribution in [0.2, 0.25) is 0 Å². The van der Waals surface area contributed by atoms with Crippen LogP contribution >= 0.6 is 0 Å². The van der Waals surface area contributed by atoms with Gasteiger partial charge in [0.05, 0.1) is 33.4 Å². The SMILES string of the molecule is O=C(Nc1ccc(NC(=O)c2cccc(Nc3c4ccccc4nc4ccccc34)c2)cc1)c1cccc(Nc2c3ccccc3nc3ccccc23)c1. The van der Waals surface area contributed by atoms with Crippen LogP contribution in [0.3, 0.4) is 0 Å². The quantitative estimate of drug-likeness (QED) is 0.118. The summed E-state index contributed by atoms with van der Waals surface area (Å²) >= 11 is 0. The Kier molecular flexibility index (Phi) is 8.30. The molecule has 0 saturated carbocycles. The molecule has 8 heteroatoms. The number of pyridine rings is 2. The third-order valence-corrected chi connectivity index (χ3v) is 9.36. The van der Waals surface area contributed by atoms with Crippen LogP contribution < -0.4 is 21.3 Å². The first-order valence-electron chi connectivity index (χ1n) is 17.6. The predicted molar refractivity (Wildman–Crippen MR) is 220 cm³/mol. The minimum absolute atomic E-state index is 0.251. The van der Waals surface area contributed by atoms with E-state index in [2.05, 4.69) is 21.3 Å². The fourth-order valence-corrected chi connectivity index (χ4v) is 6.76. The van der Waals surface area contributed by atoms with E-state index in [1.807, 2.05) is 133 Å². The van der Waals surface area contributed by atoms with E-state index in [0.29, 0.717) is 22.5 Å². The summed E-state index contributed by atoms with van der Waals surface area (Å²) < 4.78 is 0. The van der Waals surface area contributed by atoms with Crippen molar-refractivity contribution in [3.63, 3.8) is 0 Å². The van der Waals surface area contributed by atoms with Crippen molar-refractivity contribution in [2.75, 3.05) is 21.3 Å². The van der Waals surface area contributed by atoms with Crippen molar-refractivity contribution < 1.29 is 9.59 Å². The molecule has 54 heavy (non-hydrogen) atoms. The van der Waals surface area contributed by atoms with Crippen molar-refractivity contribution in [1.82, 2.24) is 9.97 Å². The van der Waals surface area contributed by atoms with Gasteiger partial charge in [-0.2, -0.15) is 0 Å². The highest BCUT2D eigenvalue weighted by atomic mass is 16.2. The summed E-state index contributed by atoms with van der Waals surface area (Å²) in [7, 11) is 0. The summed E-state index contributed by atoms with van der Waals surface area (Å²) in [5.41, 5.74) is 9.20. The van der Waals surface area contributed by atoms with Crippen LogP contribution in [0.5, 0.6) is 0 Å². The molecule has 2 heterocycles. The number of hydrogen-bond donors (Lipinski definition) is 4.